The van der Waals surface area contributed by atoms with Gasteiger partial charge >= 0.3 is 0 Å². The first-order chi connectivity index (χ1) is 8.37. The van der Waals surface area contributed by atoms with E-state index in [0.29, 0.717) is 0 Å². The first-order valence-electron chi connectivity index (χ1n) is 5.57. The van der Waals surface area contributed by atoms with Crippen molar-refractivity contribution in [3.63, 3.8) is 0 Å². The maximum Gasteiger partial charge on any atom is 0.250 e. The van der Waals surface area contributed by atoms with E-state index in [4.69, 9.17) is 5.11 Å². The molecule has 4 unspecified atom stereocenters. The summed E-state index contributed by atoms with van der Waals surface area (Å²) < 4.78 is 0. The second-order valence-corrected chi connectivity index (χ2v) is 4.69. The maximum atomic E-state index is 11.0. The van der Waals surface area contributed by atoms with E-state index in [-0.39, 0.29) is 18.1 Å². The van der Waals surface area contributed by atoms with Gasteiger partial charge in [-0.1, -0.05) is 0 Å². The first-order valence-corrected chi connectivity index (χ1v) is 5.57. The summed E-state index contributed by atoms with van der Waals surface area (Å²) in [5, 5.41) is 41.7. The minimum Gasteiger partial charge on any atom is -0.494 e. The number of hydrogen-bond acceptors (Lipinski definition) is 6. The van der Waals surface area contributed by atoms with Crippen LogP contribution in [0.4, 0.5) is 0 Å². The minimum atomic E-state index is -1.57. The van der Waals surface area contributed by atoms with Crippen molar-refractivity contribution in [1.82, 2.24) is 10.3 Å². The third kappa shape index (κ3) is 1.91. The fraction of sp³-hybridized carbons (Fsp3) is 0.545. The fourth-order valence-electron chi connectivity index (χ4n) is 2.32. The Bertz CT molecular complexity index is 498. The van der Waals surface area contributed by atoms with E-state index in [1.165, 1.54) is 19.1 Å². The van der Waals surface area contributed by atoms with Gasteiger partial charge in [0, 0.05) is 11.6 Å². The SMILES string of the molecule is CC1(O)C(c2ccc(=O)[nH]c2O)NC(CO)C1O. The van der Waals surface area contributed by atoms with Gasteiger partial charge < -0.3 is 20.4 Å². The van der Waals surface area contributed by atoms with Gasteiger partial charge in [-0.05, 0) is 13.0 Å². The molecule has 7 nitrogen and oxygen atoms in total. The highest BCUT2D eigenvalue weighted by Gasteiger charge is 2.51. The van der Waals surface area contributed by atoms with E-state index >= 15 is 0 Å². The first kappa shape index (κ1) is 13.0. The number of rotatable bonds is 2. The number of nitrogens with one attached hydrogen (secondary N) is 2. The number of aromatic amines is 1. The van der Waals surface area contributed by atoms with Gasteiger partial charge in [-0.15, -0.1) is 0 Å². The quantitative estimate of drug-likeness (QED) is 0.371. The summed E-state index contributed by atoms with van der Waals surface area (Å²) >= 11 is 0. The summed E-state index contributed by atoms with van der Waals surface area (Å²) in [7, 11) is 0. The summed E-state index contributed by atoms with van der Waals surface area (Å²) in [5.74, 6) is -0.369. The van der Waals surface area contributed by atoms with Crippen LogP contribution in [0.1, 0.15) is 18.5 Å². The van der Waals surface area contributed by atoms with Gasteiger partial charge in [0.05, 0.1) is 18.7 Å². The molecule has 18 heavy (non-hydrogen) atoms. The lowest BCUT2D eigenvalue weighted by Gasteiger charge is -2.28. The standard InChI is InChI=1S/C11H16N2O5/c1-11(18)8(12-6(4-14)9(11)16)5-2-3-7(15)13-10(5)17/h2-3,6,8-9,12,14,16,18H,4H2,1H3,(H2,13,15,17). The van der Waals surface area contributed by atoms with Crippen molar-refractivity contribution in [2.24, 2.45) is 0 Å². The van der Waals surface area contributed by atoms with Gasteiger partial charge in [-0.3, -0.25) is 15.1 Å². The summed E-state index contributed by atoms with van der Waals surface area (Å²) in [6, 6.07) is 1.09. The Balaban J connectivity index is 2.42. The van der Waals surface area contributed by atoms with E-state index in [2.05, 4.69) is 10.3 Å². The molecule has 1 aromatic rings. The maximum absolute atomic E-state index is 11.0. The van der Waals surface area contributed by atoms with Crippen molar-refractivity contribution < 1.29 is 20.4 Å². The number of aliphatic hydroxyl groups is 3. The van der Waals surface area contributed by atoms with Crippen LogP contribution in [0.5, 0.6) is 5.88 Å². The molecule has 0 aromatic carbocycles. The Hall–Kier alpha value is -1.41. The molecule has 4 atom stereocenters. The minimum absolute atomic E-state index is 0.259. The predicted octanol–water partition coefficient (Wildman–Crippen LogP) is -1.80. The third-order valence-corrected chi connectivity index (χ3v) is 3.38. The van der Waals surface area contributed by atoms with Crippen molar-refractivity contribution in [3.05, 3.63) is 28.0 Å². The lowest BCUT2D eigenvalue weighted by Crippen LogP contribution is -2.43. The van der Waals surface area contributed by atoms with Crippen LogP contribution in [0.2, 0.25) is 0 Å². The Labute approximate surface area is 103 Å². The fourth-order valence-corrected chi connectivity index (χ4v) is 2.32. The Kier molecular flexibility index (Phi) is 3.16. The lowest BCUT2D eigenvalue weighted by molar-refractivity contribution is -0.0580. The molecule has 0 amide bonds. The van der Waals surface area contributed by atoms with Crippen molar-refractivity contribution in [3.8, 4) is 5.88 Å². The van der Waals surface area contributed by atoms with Crippen LogP contribution < -0.4 is 10.9 Å². The van der Waals surface area contributed by atoms with Gasteiger partial charge in [0.1, 0.15) is 11.7 Å². The number of pyridine rings is 1. The molecule has 6 N–H and O–H groups in total. The lowest BCUT2D eigenvalue weighted by atomic mass is 9.89. The van der Waals surface area contributed by atoms with Crippen LogP contribution in [0.25, 0.3) is 0 Å². The molecule has 2 heterocycles. The molecular weight excluding hydrogens is 240 g/mol. The van der Waals surface area contributed by atoms with Gasteiger partial charge in [0.2, 0.25) is 0 Å². The van der Waals surface area contributed by atoms with Crippen LogP contribution in [-0.4, -0.2) is 49.8 Å². The van der Waals surface area contributed by atoms with Gasteiger partial charge in [0.15, 0.2) is 5.88 Å². The summed E-state index contributed by atoms with van der Waals surface area (Å²) in [4.78, 5) is 13.2. The molecule has 0 saturated carbocycles. The molecule has 1 saturated heterocycles. The largest absolute Gasteiger partial charge is 0.494 e. The summed E-state index contributed by atoms with van der Waals surface area (Å²) in [5.41, 5.74) is -1.77. The second kappa shape index (κ2) is 4.36. The number of H-pyrrole nitrogens is 1. The number of aliphatic hydroxyl groups excluding tert-OH is 2. The molecule has 7 heteroatoms. The van der Waals surface area contributed by atoms with Crippen molar-refractivity contribution in [2.45, 2.75) is 30.7 Å². The number of aromatic hydroxyl groups is 1. The van der Waals surface area contributed by atoms with E-state index in [0.717, 1.165) is 0 Å². The highest BCUT2D eigenvalue weighted by atomic mass is 16.3. The van der Waals surface area contributed by atoms with Crippen LogP contribution in [-0.2, 0) is 0 Å². The zero-order chi connectivity index (χ0) is 13.5. The normalized spacial score (nSPS) is 35.9. The summed E-state index contributed by atoms with van der Waals surface area (Å²) in [6.45, 7) is 1.05. The van der Waals surface area contributed by atoms with Crippen molar-refractivity contribution >= 4 is 0 Å². The topological polar surface area (TPSA) is 126 Å². The Morgan fingerprint density at radius 3 is 2.61 bits per heavy atom. The Morgan fingerprint density at radius 1 is 1.44 bits per heavy atom. The van der Waals surface area contributed by atoms with Gasteiger partial charge in [0.25, 0.3) is 5.56 Å². The number of aromatic nitrogens is 1. The smallest absolute Gasteiger partial charge is 0.250 e. The average molecular weight is 256 g/mol. The molecule has 100 valence electrons. The Morgan fingerprint density at radius 2 is 2.11 bits per heavy atom. The molecule has 2 rings (SSSR count). The highest BCUT2D eigenvalue weighted by molar-refractivity contribution is 5.32. The van der Waals surface area contributed by atoms with E-state index in [1.54, 1.807) is 0 Å². The molecule has 1 aromatic heterocycles. The average Bonchev–Trinajstić information content (AvgIpc) is 2.52. The van der Waals surface area contributed by atoms with Crippen molar-refractivity contribution in [1.29, 1.82) is 0 Å². The van der Waals surface area contributed by atoms with Crippen LogP contribution in [0, 0.1) is 0 Å². The van der Waals surface area contributed by atoms with Crippen molar-refractivity contribution in [2.75, 3.05) is 6.61 Å². The van der Waals surface area contributed by atoms with E-state index in [9.17, 15) is 20.1 Å². The number of hydrogen-bond donors (Lipinski definition) is 6. The zero-order valence-corrected chi connectivity index (χ0v) is 9.79. The van der Waals surface area contributed by atoms with Gasteiger partial charge in [-0.25, -0.2) is 0 Å². The predicted molar refractivity (Wildman–Crippen MR) is 62.1 cm³/mol. The zero-order valence-electron chi connectivity index (χ0n) is 9.79. The second-order valence-electron chi connectivity index (χ2n) is 4.69. The van der Waals surface area contributed by atoms with E-state index < -0.39 is 29.3 Å². The third-order valence-electron chi connectivity index (χ3n) is 3.38. The van der Waals surface area contributed by atoms with Crippen LogP contribution >= 0.6 is 0 Å². The molecule has 1 aliphatic rings. The molecule has 0 bridgehead atoms. The monoisotopic (exact) mass is 256 g/mol. The van der Waals surface area contributed by atoms with Gasteiger partial charge in [-0.2, -0.15) is 0 Å². The molecule has 0 radical (unpaired) electrons. The molecule has 0 aliphatic carbocycles. The molecule has 0 spiro atoms. The van der Waals surface area contributed by atoms with Crippen LogP contribution in [0.3, 0.4) is 0 Å². The highest BCUT2D eigenvalue weighted by Crippen LogP contribution is 2.38. The van der Waals surface area contributed by atoms with Crippen LogP contribution in [0.15, 0.2) is 16.9 Å². The summed E-state index contributed by atoms with van der Waals surface area (Å²) in [6.07, 6.45) is -1.18. The molecule has 1 aliphatic heterocycles. The molecule has 1 fully saturated rings. The van der Waals surface area contributed by atoms with E-state index in [1.807, 2.05) is 0 Å². The molecular formula is C11H16N2O5.